The number of hydrogen-bond acceptors (Lipinski definition) is 4. The van der Waals surface area contributed by atoms with Crippen molar-refractivity contribution in [3.63, 3.8) is 0 Å². The van der Waals surface area contributed by atoms with Gasteiger partial charge in [0, 0.05) is 6.07 Å². The Kier molecular flexibility index (Phi) is 9.38. The molecule has 0 aromatic heterocycles. The largest absolute Gasteiger partial charge is 0.511 e. The third kappa shape index (κ3) is 6.40. The van der Waals surface area contributed by atoms with Gasteiger partial charge in [-0.2, -0.15) is 0 Å². The van der Waals surface area contributed by atoms with E-state index >= 15 is 0 Å². The van der Waals surface area contributed by atoms with Gasteiger partial charge in [0.1, 0.15) is 17.2 Å². The molecule has 0 spiro atoms. The molecule has 0 saturated heterocycles. The van der Waals surface area contributed by atoms with Crippen molar-refractivity contribution in [3.05, 3.63) is 53.6 Å². The predicted octanol–water partition coefficient (Wildman–Crippen LogP) is 4.77. The molecule has 0 aliphatic rings. The van der Waals surface area contributed by atoms with Crippen LogP contribution in [0.2, 0.25) is 0 Å². The van der Waals surface area contributed by atoms with Crippen molar-refractivity contribution >= 4 is 43.1 Å². The van der Waals surface area contributed by atoms with Gasteiger partial charge in [-0.1, -0.05) is 24.3 Å². The highest BCUT2D eigenvalue weighted by Gasteiger charge is 2.01. The summed E-state index contributed by atoms with van der Waals surface area (Å²) < 4.78 is 15.0. The number of ether oxygens (including phenoxy) is 3. The van der Waals surface area contributed by atoms with E-state index in [1.54, 1.807) is 44.6 Å². The maximum Gasteiger partial charge on any atom is 0.511 e. The first-order valence-electron chi connectivity index (χ1n) is 6.52. The van der Waals surface area contributed by atoms with Gasteiger partial charge in [0.05, 0.1) is 14.2 Å². The van der Waals surface area contributed by atoms with Crippen molar-refractivity contribution in [2.45, 2.75) is 0 Å². The summed E-state index contributed by atoms with van der Waals surface area (Å²) >= 11 is 0. The van der Waals surface area contributed by atoms with E-state index in [1.165, 1.54) is 0 Å². The number of hydrogen-bond donors (Lipinski definition) is 1. The van der Waals surface area contributed by atoms with E-state index in [-0.39, 0.29) is 30.6 Å². The first-order valence-corrected chi connectivity index (χ1v) is 6.52. The Balaban J connectivity index is 0.00000264. The Bertz CT molecular complexity index is 662. The Morgan fingerprint density at radius 2 is 1.33 bits per heavy atom. The minimum Gasteiger partial charge on any atom is -0.497 e. The van der Waals surface area contributed by atoms with Crippen molar-refractivity contribution in [3.8, 4) is 17.2 Å². The lowest BCUT2D eigenvalue weighted by Gasteiger charge is -2.05. The molecule has 0 bridgehead atoms. The van der Waals surface area contributed by atoms with Crippen LogP contribution in [0.3, 0.4) is 0 Å². The lowest BCUT2D eigenvalue weighted by Crippen LogP contribution is -2.02. The number of methoxy groups -OCH3 is 2. The van der Waals surface area contributed by atoms with Crippen molar-refractivity contribution in [1.29, 1.82) is 0 Å². The van der Waals surface area contributed by atoms with E-state index < -0.39 is 6.16 Å². The highest BCUT2D eigenvalue weighted by molar-refractivity contribution is 5.85. The first kappa shape index (κ1) is 21.6. The van der Waals surface area contributed by atoms with Crippen LogP contribution in [-0.4, -0.2) is 25.5 Å². The van der Waals surface area contributed by atoms with Gasteiger partial charge in [-0.05, 0) is 35.4 Å². The lowest BCUT2D eigenvalue weighted by molar-refractivity contribution is 0.144. The van der Waals surface area contributed by atoms with Crippen LogP contribution in [0.4, 0.5) is 4.79 Å². The number of carbonyl (C=O) groups is 1. The van der Waals surface area contributed by atoms with Crippen LogP contribution in [-0.2, 0) is 0 Å². The molecule has 0 amide bonds. The SMILES string of the molecule is COc1cc(C=Cc2ccc(OC(=O)O)cc2)cc(OC)c1.Cl.Cl. The van der Waals surface area contributed by atoms with Crippen molar-refractivity contribution in [2.75, 3.05) is 14.2 Å². The van der Waals surface area contributed by atoms with Gasteiger partial charge in [-0.25, -0.2) is 4.79 Å². The van der Waals surface area contributed by atoms with Gasteiger partial charge < -0.3 is 19.3 Å². The van der Waals surface area contributed by atoms with E-state index in [1.807, 2.05) is 24.3 Å². The zero-order valence-electron chi connectivity index (χ0n) is 13.1. The molecule has 2 aromatic rings. The van der Waals surface area contributed by atoms with E-state index in [2.05, 4.69) is 4.74 Å². The fourth-order valence-electron chi connectivity index (χ4n) is 1.87. The Hall–Kier alpha value is -2.37. The number of carboxylic acid groups (broad SMARTS) is 1. The van der Waals surface area contributed by atoms with E-state index in [9.17, 15) is 4.79 Å². The average Bonchev–Trinajstić information content (AvgIpc) is 2.53. The van der Waals surface area contributed by atoms with Crippen molar-refractivity contribution in [2.24, 2.45) is 0 Å². The molecule has 0 fully saturated rings. The summed E-state index contributed by atoms with van der Waals surface area (Å²) in [5.74, 6) is 1.71. The van der Waals surface area contributed by atoms with Crippen LogP contribution in [0.15, 0.2) is 42.5 Å². The van der Waals surface area contributed by atoms with Gasteiger partial charge in [-0.3, -0.25) is 0 Å². The van der Waals surface area contributed by atoms with Crippen molar-refractivity contribution < 1.29 is 24.1 Å². The van der Waals surface area contributed by atoms with Crippen LogP contribution >= 0.6 is 24.8 Å². The van der Waals surface area contributed by atoms with Crippen LogP contribution in [0.1, 0.15) is 11.1 Å². The van der Waals surface area contributed by atoms with Gasteiger partial charge in [0.25, 0.3) is 0 Å². The summed E-state index contributed by atoms with van der Waals surface area (Å²) in [4.78, 5) is 10.4. The third-order valence-corrected chi connectivity index (χ3v) is 2.93. The normalized spacial score (nSPS) is 9.58. The number of rotatable bonds is 5. The highest BCUT2D eigenvalue weighted by atomic mass is 35.5. The molecule has 2 aromatic carbocycles. The first-order chi connectivity index (χ1) is 10.6. The van der Waals surface area contributed by atoms with Gasteiger partial charge in [0.15, 0.2) is 0 Å². The number of benzene rings is 2. The molecule has 0 aliphatic carbocycles. The van der Waals surface area contributed by atoms with Crippen LogP contribution in [0.5, 0.6) is 17.2 Å². The minimum atomic E-state index is -1.33. The summed E-state index contributed by atoms with van der Waals surface area (Å²) in [5.41, 5.74) is 1.85. The fourth-order valence-corrected chi connectivity index (χ4v) is 1.87. The maximum absolute atomic E-state index is 10.4. The predicted molar refractivity (Wildman–Crippen MR) is 98.1 cm³/mol. The smallest absolute Gasteiger partial charge is 0.497 e. The molecule has 0 aliphatic heterocycles. The highest BCUT2D eigenvalue weighted by Crippen LogP contribution is 2.24. The fraction of sp³-hybridized carbons (Fsp3) is 0.118. The summed E-state index contributed by atoms with van der Waals surface area (Å²) in [6, 6.07) is 12.3. The zero-order valence-corrected chi connectivity index (χ0v) is 14.7. The summed E-state index contributed by atoms with van der Waals surface area (Å²) in [5, 5.41) is 8.53. The molecule has 0 radical (unpaired) electrons. The third-order valence-electron chi connectivity index (χ3n) is 2.93. The molecular formula is C17H18Cl2O5. The standard InChI is InChI=1S/C17H16O5.2ClH/c1-20-15-9-13(10-16(11-15)21-2)4-3-12-5-7-14(8-6-12)22-17(18)19;;/h3-11H,1-2H3,(H,18,19);2*1H. The van der Waals surface area contributed by atoms with Crippen LogP contribution in [0.25, 0.3) is 12.2 Å². The molecule has 2 rings (SSSR count). The second kappa shape index (κ2) is 10.4. The second-order valence-corrected chi connectivity index (χ2v) is 4.42. The summed E-state index contributed by atoms with van der Waals surface area (Å²) in [6.07, 6.45) is 2.49. The monoisotopic (exact) mass is 372 g/mol. The van der Waals surface area contributed by atoms with Crippen LogP contribution < -0.4 is 14.2 Å². The van der Waals surface area contributed by atoms with Gasteiger partial charge in [-0.15, -0.1) is 24.8 Å². The van der Waals surface area contributed by atoms with Gasteiger partial charge >= 0.3 is 6.16 Å². The topological polar surface area (TPSA) is 65.0 Å². The lowest BCUT2D eigenvalue weighted by atomic mass is 10.1. The van der Waals surface area contributed by atoms with E-state index in [4.69, 9.17) is 14.6 Å². The molecule has 24 heavy (non-hydrogen) atoms. The Labute approximate surface area is 152 Å². The van der Waals surface area contributed by atoms with Crippen molar-refractivity contribution in [1.82, 2.24) is 0 Å². The summed E-state index contributed by atoms with van der Waals surface area (Å²) in [7, 11) is 3.20. The molecule has 0 heterocycles. The van der Waals surface area contributed by atoms with E-state index in [0.29, 0.717) is 11.5 Å². The van der Waals surface area contributed by atoms with E-state index in [0.717, 1.165) is 11.1 Å². The molecule has 0 saturated carbocycles. The molecular weight excluding hydrogens is 355 g/mol. The molecule has 1 N–H and O–H groups in total. The molecule has 7 heteroatoms. The van der Waals surface area contributed by atoms with Crippen LogP contribution in [0, 0.1) is 0 Å². The maximum atomic E-state index is 10.4. The Morgan fingerprint density at radius 3 is 1.79 bits per heavy atom. The summed E-state index contributed by atoms with van der Waals surface area (Å²) in [6.45, 7) is 0. The van der Waals surface area contributed by atoms with Gasteiger partial charge in [0.2, 0.25) is 0 Å². The number of halogens is 2. The molecule has 0 atom stereocenters. The quantitative estimate of drug-likeness (QED) is 0.464. The second-order valence-electron chi connectivity index (χ2n) is 4.42. The zero-order chi connectivity index (χ0) is 15.9. The molecule has 130 valence electrons. The molecule has 5 nitrogen and oxygen atoms in total. The average molecular weight is 373 g/mol. The minimum absolute atomic E-state index is 0. The Morgan fingerprint density at radius 1 is 0.833 bits per heavy atom. The molecule has 0 unspecified atom stereocenters.